The molecule has 13 nitrogen and oxygen atoms in total. The Hall–Kier alpha value is -4.78. The number of amides is 5. The first-order valence-electron chi connectivity index (χ1n) is 13.9. The molecule has 3 aromatic rings. The molecule has 0 unspecified atom stereocenters. The number of aliphatic hydroxyl groups is 1. The van der Waals surface area contributed by atoms with E-state index in [1.54, 1.807) is 82.3 Å². The first-order valence-corrected chi connectivity index (χ1v) is 13.9. The second-order valence-corrected chi connectivity index (χ2v) is 10.6. The molecule has 2 heterocycles. The number of carbonyl (C=O) groups excluding carboxylic acids is 3. The number of benzene rings is 2. The van der Waals surface area contributed by atoms with Gasteiger partial charge in [0.25, 0.3) is 5.91 Å². The van der Waals surface area contributed by atoms with Crippen LogP contribution in [0.2, 0.25) is 0 Å². The molecule has 0 bridgehead atoms. The van der Waals surface area contributed by atoms with E-state index in [0.717, 1.165) is 0 Å². The Balaban J connectivity index is 1.61. The predicted octanol–water partition coefficient (Wildman–Crippen LogP) is 4.33. The fourth-order valence-corrected chi connectivity index (χ4v) is 4.73. The minimum Gasteiger partial charge on any atom is -0.497 e. The van der Waals surface area contributed by atoms with Crippen LogP contribution in [0.4, 0.5) is 26.7 Å². The second-order valence-electron chi connectivity index (χ2n) is 10.6. The predicted molar refractivity (Wildman–Crippen MR) is 161 cm³/mol. The van der Waals surface area contributed by atoms with E-state index >= 15 is 0 Å². The van der Waals surface area contributed by atoms with E-state index < -0.39 is 18.2 Å². The molecule has 43 heavy (non-hydrogen) atoms. The Morgan fingerprint density at radius 1 is 1.16 bits per heavy atom. The van der Waals surface area contributed by atoms with Crippen molar-refractivity contribution in [3.63, 3.8) is 0 Å². The topological polar surface area (TPSA) is 158 Å². The molecule has 3 atom stereocenters. The monoisotopic (exact) mass is 594 g/mol. The number of carbonyl (C=O) groups is 3. The molecule has 1 aromatic heterocycles. The maximum absolute atomic E-state index is 13.7. The van der Waals surface area contributed by atoms with Crippen molar-refractivity contribution in [1.29, 1.82) is 0 Å². The summed E-state index contributed by atoms with van der Waals surface area (Å²) in [6.07, 6.45) is -0.583. The highest BCUT2D eigenvalue weighted by atomic mass is 16.5. The van der Waals surface area contributed by atoms with Crippen LogP contribution in [0.25, 0.3) is 0 Å². The standard InChI is InChI=1S/C30H38N6O7/c1-17-14-36(18(2)16-37)28(38)23-8-7-9-24(32-29(39)33-26-19(3)34-43-20(26)4)27(23)42-25(17)15-35(5)30(40)31-21-10-12-22(41-6)13-11-21/h7-13,17-18,25,37H,14-16H2,1-6H3,(H,31,40)(H2,32,33,39)/t17-,18+,25-/m1/s1. The Morgan fingerprint density at radius 2 is 1.88 bits per heavy atom. The molecule has 0 saturated heterocycles. The molecule has 230 valence electrons. The Morgan fingerprint density at radius 3 is 2.51 bits per heavy atom. The van der Waals surface area contributed by atoms with E-state index in [0.29, 0.717) is 28.6 Å². The molecular weight excluding hydrogens is 556 g/mol. The number of aryl methyl sites for hydroxylation is 2. The number of methoxy groups -OCH3 is 1. The Bertz CT molecular complexity index is 1440. The molecule has 0 saturated carbocycles. The summed E-state index contributed by atoms with van der Waals surface area (Å²) in [5.74, 6) is 0.675. The van der Waals surface area contributed by atoms with Gasteiger partial charge in [0.2, 0.25) is 0 Å². The minimum absolute atomic E-state index is 0.164. The van der Waals surface area contributed by atoms with Crippen molar-refractivity contribution < 1.29 is 33.5 Å². The summed E-state index contributed by atoms with van der Waals surface area (Å²) in [5, 5.41) is 22.1. The van der Waals surface area contributed by atoms with Crippen LogP contribution in [-0.4, -0.2) is 84.0 Å². The normalized spacial score (nSPS) is 17.1. The molecule has 0 radical (unpaired) electrons. The van der Waals surface area contributed by atoms with Crippen molar-refractivity contribution in [3.05, 3.63) is 59.5 Å². The van der Waals surface area contributed by atoms with Crippen LogP contribution >= 0.6 is 0 Å². The van der Waals surface area contributed by atoms with Gasteiger partial charge in [0, 0.05) is 25.2 Å². The smallest absolute Gasteiger partial charge is 0.323 e. The van der Waals surface area contributed by atoms with Gasteiger partial charge in [-0.3, -0.25) is 4.79 Å². The van der Waals surface area contributed by atoms with E-state index in [4.69, 9.17) is 14.0 Å². The van der Waals surface area contributed by atoms with Crippen LogP contribution < -0.4 is 25.4 Å². The van der Waals surface area contributed by atoms with Crippen molar-refractivity contribution in [2.75, 3.05) is 49.8 Å². The third kappa shape index (κ3) is 7.17. The van der Waals surface area contributed by atoms with E-state index in [9.17, 15) is 19.5 Å². The molecule has 0 aliphatic carbocycles. The number of anilines is 3. The molecule has 2 aromatic carbocycles. The fourth-order valence-electron chi connectivity index (χ4n) is 4.73. The van der Waals surface area contributed by atoms with Gasteiger partial charge in [-0.15, -0.1) is 0 Å². The number of aliphatic hydroxyl groups excluding tert-OH is 1. The number of nitrogens with zero attached hydrogens (tertiary/aromatic N) is 3. The zero-order valence-corrected chi connectivity index (χ0v) is 25.1. The highest BCUT2D eigenvalue weighted by Gasteiger charge is 2.35. The summed E-state index contributed by atoms with van der Waals surface area (Å²) in [4.78, 5) is 42.9. The average molecular weight is 595 g/mol. The molecule has 1 aliphatic rings. The van der Waals surface area contributed by atoms with Crippen molar-refractivity contribution in [2.24, 2.45) is 5.92 Å². The number of rotatable bonds is 8. The molecule has 4 N–H and O–H groups in total. The molecule has 0 spiro atoms. The number of fused-ring (bicyclic) bond motifs is 1. The molecular formula is C30H38N6O7. The second kappa shape index (κ2) is 13.5. The fraction of sp³-hybridized carbons (Fsp3) is 0.400. The number of urea groups is 2. The minimum atomic E-state index is -0.583. The third-order valence-corrected chi connectivity index (χ3v) is 7.35. The Labute approximate surface area is 250 Å². The van der Waals surface area contributed by atoms with Gasteiger partial charge in [-0.1, -0.05) is 18.1 Å². The number of nitrogens with one attached hydrogen (secondary N) is 3. The van der Waals surface area contributed by atoms with Gasteiger partial charge < -0.3 is 44.9 Å². The maximum atomic E-state index is 13.7. The molecule has 1 aliphatic heterocycles. The van der Waals surface area contributed by atoms with Crippen LogP contribution in [0.15, 0.2) is 47.0 Å². The quantitative estimate of drug-likeness (QED) is 0.300. The summed E-state index contributed by atoms with van der Waals surface area (Å²) >= 11 is 0. The molecule has 13 heteroatoms. The molecule has 5 amide bonds. The molecule has 4 rings (SSSR count). The highest BCUT2D eigenvalue weighted by molar-refractivity contribution is 6.04. The van der Waals surface area contributed by atoms with Crippen molar-refractivity contribution in [3.8, 4) is 11.5 Å². The largest absolute Gasteiger partial charge is 0.497 e. The summed E-state index contributed by atoms with van der Waals surface area (Å²) in [6.45, 7) is 7.27. The third-order valence-electron chi connectivity index (χ3n) is 7.35. The van der Waals surface area contributed by atoms with Crippen LogP contribution in [-0.2, 0) is 0 Å². The van der Waals surface area contributed by atoms with Gasteiger partial charge in [-0.2, -0.15) is 0 Å². The number of hydrogen-bond acceptors (Lipinski definition) is 8. The van der Waals surface area contributed by atoms with Gasteiger partial charge in [0.15, 0.2) is 11.5 Å². The van der Waals surface area contributed by atoms with E-state index in [2.05, 4.69) is 21.1 Å². The van der Waals surface area contributed by atoms with Gasteiger partial charge in [0.1, 0.15) is 23.2 Å². The summed E-state index contributed by atoms with van der Waals surface area (Å²) in [6, 6.07) is 10.4. The van der Waals surface area contributed by atoms with Gasteiger partial charge >= 0.3 is 12.1 Å². The number of ether oxygens (including phenoxy) is 2. The average Bonchev–Trinajstić information content (AvgIpc) is 3.31. The van der Waals surface area contributed by atoms with E-state index in [1.165, 1.54) is 4.90 Å². The van der Waals surface area contributed by atoms with Crippen LogP contribution in [0.1, 0.15) is 35.7 Å². The van der Waals surface area contributed by atoms with Gasteiger partial charge in [-0.25, -0.2) is 9.59 Å². The number of hydrogen-bond donors (Lipinski definition) is 4. The lowest BCUT2D eigenvalue weighted by atomic mass is 9.99. The maximum Gasteiger partial charge on any atom is 0.323 e. The number of likely N-dealkylation sites (N-methyl/N-ethyl adjacent to an activating group) is 1. The first kappa shape index (κ1) is 31.2. The van der Waals surface area contributed by atoms with Crippen molar-refractivity contribution in [2.45, 2.75) is 39.8 Å². The van der Waals surface area contributed by atoms with Crippen LogP contribution in [0.5, 0.6) is 11.5 Å². The first-order chi connectivity index (χ1) is 20.5. The molecule has 0 fully saturated rings. The van der Waals surface area contributed by atoms with E-state index in [1.807, 2.05) is 6.92 Å². The van der Waals surface area contributed by atoms with Crippen LogP contribution in [0, 0.1) is 19.8 Å². The van der Waals surface area contributed by atoms with Crippen molar-refractivity contribution >= 4 is 35.0 Å². The van der Waals surface area contributed by atoms with E-state index in [-0.39, 0.29) is 54.6 Å². The lowest BCUT2D eigenvalue weighted by Gasteiger charge is -2.38. The summed E-state index contributed by atoms with van der Waals surface area (Å²) < 4.78 is 16.8. The van der Waals surface area contributed by atoms with Crippen LogP contribution in [0.3, 0.4) is 0 Å². The van der Waals surface area contributed by atoms with Gasteiger partial charge in [0.05, 0.1) is 37.6 Å². The lowest BCUT2D eigenvalue weighted by Crippen LogP contribution is -2.50. The zero-order chi connectivity index (χ0) is 31.3. The van der Waals surface area contributed by atoms with Crippen molar-refractivity contribution in [1.82, 2.24) is 15.0 Å². The number of para-hydroxylation sites is 1. The SMILES string of the molecule is COc1ccc(NC(=O)N(C)C[C@H]2Oc3c(NC(=O)Nc4c(C)noc4C)cccc3C(=O)N([C@@H](C)CO)C[C@H]2C)cc1. The zero-order valence-electron chi connectivity index (χ0n) is 25.1. The van der Waals surface area contributed by atoms with Gasteiger partial charge in [-0.05, 0) is 57.2 Å². The number of aromatic nitrogens is 1. The highest BCUT2D eigenvalue weighted by Crippen LogP contribution is 2.35. The Kier molecular flexibility index (Phi) is 9.76. The summed E-state index contributed by atoms with van der Waals surface area (Å²) in [5.41, 5.74) is 2.03. The summed E-state index contributed by atoms with van der Waals surface area (Å²) in [7, 11) is 3.22. The lowest BCUT2D eigenvalue weighted by molar-refractivity contribution is 0.0373.